The van der Waals surface area contributed by atoms with Crippen molar-refractivity contribution in [1.29, 1.82) is 0 Å². The molecule has 5 heteroatoms. The number of carbonyl (C=O) groups excluding carboxylic acids is 1. The molecule has 0 aliphatic rings. The van der Waals surface area contributed by atoms with Gasteiger partial charge in [-0.1, -0.05) is 39.2 Å². The van der Waals surface area contributed by atoms with Crippen LogP contribution in [0.3, 0.4) is 0 Å². The first kappa shape index (κ1) is 22.1. The van der Waals surface area contributed by atoms with Crippen molar-refractivity contribution in [3.8, 4) is 0 Å². The van der Waals surface area contributed by atoms with E-state index in [1.807, 2.05) is 13.8 Å². The molecule has 0 radical (unpaired) electrons. The van der Waals surface area contributed by atoms with Gasteiger partial charge in [-0.15, -0.1) is 0 Å². The molecular weight excluding hydrogens is 296 g/mol. The highest BCUT2D eigenvalue weighted by Crippen LogP contribution is 2.29. The van der Waals surface area contributed by atoms with Crippen LogP contribution in [0, 0.1) is 5.41 Å². The number of allylic oxidation sites excluding steroid dienone is 1. The van der Waals surface area contributed by atoms with Crippen LogP contribution in [0.4, 0.5) is 0 Å². The molecule has 0 fully saturated rings. The minimum absolute atomic E-state index is 0.250. The quantitative estimate of drug-likeness (QED) is 0.357. The SMILES string of the molecule is CCCOC(=O)C(CCC)=C(CCC)CCC(CO)(CO)CO. The predicted molar refractivity (Wildman–Crippen MR) is 91.0 cm³/mol. The molecule has 5 nitrogen and oxygen atoms in total. The Hall–Kier alpha value is -0.910. The van der Waals surface area contributed by atoms with E-state index in [2.05, 4.69) is 6.92 Å². The Morgan fingerprint density at radius 3 is 1.87 bits per heavy atom. The zero-order chi connectivity index (χ0) is 17.7. The Bertz CT molecular complexity index is 350. The van der Waals surface area contributed by atoms with Gasteiger partial charge < -0.3 is 20.1 Å². The highest BCUT2D eigenvalue weighted by molar-refractivity contribution is 5.89. The van der Waals surface area contributed by atoms with E-state index in [-0.39, 0.29) is 25.8 Å². The van der Waals surface area contributed by atoms with Crippen LogP contribution in [0.1, 0.15) is 65.7 Å². The third-order valence-corrected chi connectivity index (χ3v) is 4.13. The third kappa shape index (κ3) is 7.46. The second-order valence-electron chi connectivity index (χ2n) is 6.19. The van der Waals surface area contributed by atoms with Crippen LogP contribution >= 0.6 is 0 Å². The zero-order valence-corrected chi connectivity index (χ0v) is 14.9. The highest BCUT2D eigenvalue weighted by Gasteiger charge is 2.28. The van der Waals surface area contributed by atoms with Crippen molar-refractivity contribution < 1.29 is 24.9 Å². The molecule has 0 spiro atoms. The normalized spacial score (nSPS) is 13.0. The maximum atomic E-state index is 12.3. The molecule has 0 aliphatic heterocycles. The first-order valence-electron chi connectivity index (χ1n) is 8.74. The van der Waals surface area contributed by atoms with Crippen LogP contribution in [0.25, 0.3) is 0 Å². The Morgan fingerprint density at radius 2 is 1.43 bits per heavy atom. The maximum Gasteiger partial charge on any atom is 0.333 e. The minimum Gasteiger partial charge on any atom is -0.462 e. The van der Waals surface area contributed by atoms with E-state index < -0.39 is 5.41 Å². The molecule has 0 unspecified atom stereocenters. The molecule has 3 N–H and O–H groups in total. The van der Waals surface area contributed by atoms with E-state index in [1.165, 1.54) is 0 Å². The molecule has 0 aromatic heterocycles. The number of hydrogen-bond acceptors (Lipinski definition) is 5. The standard InChI is InChI=1S/C18H34O5/c1-4-7-15(9-10-18(12-19,13-20)14-21)16(8-5-2)17(22)23-11-6-3/h19-21H,4-14H2,1-3H3. The van der Waals surface area contributed by atoms with Gasteiger partial charge in [-0.25, -0.2) is 4.79 Å². The van der Waals surface area contributed by atoms with Gasteiger partial charge in [0.15, 0.2) is 0 Å². The number of esters is 1. The van der Waals surface area contributed by atoms with Crippen molar-refractivity contribution in [2.45, 2.75) is 65.7 Å². The third-order valence-electron chi connectivity index (χ3n) is 4.13. The van der Waals surface area contributed by atoms with Gasteiger partial charge in [-0.2, -0.15) is 0 Å². The summed E-state index contributed by atoms with van der Waals surface area (Å²) in [6.07, 6.45) is 5.03. The second-order valence-corrected chi connectivity index (χ2v) is 6.19. The molecule has 0 saturated heterocycles. The first-order valence-corrected chi connectivity index (χ1v) is 8.74. The van der Waals surface area contributed by atoms with Crippen LogP contribution in [0.2, 0.25) is 0 Å². The largest absolute Gasteiger partial charge is 0.462 e. The molecule has 0 heterocycles. The van der Waals surface area contributed by atoms with Crippen LogP contribution in [0.5, 0.6) is 0 Å². The lowest BCUT2D eigenvalue weighted by atomic mass is 9.82. The topological polar surface area (TPSA) is 87.0 Å². The first-order chi connectivity index (χ1) is 11.0. The maximum absolute atomic E-state index is 12.3. The summed E-state index contributed by atoms with van der Waals surface area (Å²) in [5.41, 5.74) is 0.851. The fourth-order valence-corrected chi connectivity index (χ4v) is 2.49. The van der Waals surface area contributed by atoms with Crippen molar-refractivity contribution in [2.75, 3.05) is 26.4 Å². The number of aliphatic hydroxyl groups excluding tert-OH is 3. The molecule has 0 bridgehead atoms. The Balaban J connectivity index is 5.27. The summed E-state index contributed by atoms with van der Waals surface area (Å²) in [6.45, 7) is 5.63. The van der Waals surface area contributed by atoms with E-state index in [1.54, 1.807) is 0 Å². The van der Waals surface area contributed by atoms with Crippen LogP contribution in [-0.2, 0) is 9.53 Å². The van der Waals surface area contributed by atoms with E-state index in [9.17, 15) is 20.1 Å². The van der Waals surface area contributed by atoms with Crippen molar-refractivity contribution in [2.24, 2.45) is 5.41 Å². The molecule has 0 atom stereocenters. The van der Waals surface area contributed by atoms with Gasteiger partial charge >= 0.3 is 5.97 Å². The number of aliphatic hydroxyl groups is 3. The lowest BCUT2D eigenvalue weighted by Crippen LogP contribution is -2.34. The van der Waals surface area contributed by atoms with Gasteiger partial charge in [0, 0.05) is 11.0 Å². The average Bonchev–Trinajstić information content (AvgIpc) is 2.58. The monoisotopic (exact) mass is 330 g/mol. The van der Waals surface area contributed by atoms with Crippen molar-refractivity contribution >= 4 is 5.97 Å². The second kappa shape index (κ2) is 12.5. The molecule has 136 valence electrons. The Labute approximate surface area is 140 Å². The number of carbonyl (C=O) groups is 1. The van der Waals surface area contributed by atoms with Crippen LogP contribution < -0.4 is 0 Å². The molecule has 23 heavy (non-hydrogen) atoms. The fraction of sp³-hybridized carbons (Fsp3) is 0.833. The molecule has 0 aromatic carbocycles. The van der Waals surface area contributed by atoms with Gasteiger partial charge in [0.05, 0.1) is 26.4 Å². The summed E-state index contributed by atoms with van der Waals surface area (Å²) < 4.78 is 5.30. The van der Waals surface area contributed by atoms with E-state index in [0.29, 0.717) is 25.9 Å². The van der Waals surface area contributed by atoms with Crippen molar-refractivity contribution in [3.63, 3.8) is 0 Å². The average molecular weight is 330 g/mol. The molecule has 0 aliphatic carbocycles. The van der Waals surface area contributed by atoms with Crippen molar-refractivity contribution in [3.05, 3.63) is 11.1 Å². The Kier molecular flexibility index (Phi) is 12.0. The highest BCUT2D eigenvalue weighted by atomic mass is 16.5. The molecule has 0 saturated carbocycles. The predicted octanol–water partition coefficient (Wildman–Crippen LogP) is 2.58. The van der Waals surface area contributed by atoms with Gasteiger partial charge in [0.25, 0.3) is 0 Å². The number of ether oxygens (including phenoxy) is 1. The number of rotatable bonds is 13. The summed E-state index contributed by atoms with van der Waals surface area (Å²) in [5, 5.41) is 28.4. The fourth-order valence-electron chi connectivity index (χ4n) is 2.49. The van der Waals surface area contributed by atoms with Crippen molar-refractivity contribution in [1.82, 2.24) is 0 Å². The van der Waals surface area contributed by atoms with E-state index in [4.69, 9.17) is 4.74 Å². The van der Waals surface area contributed by atoms with Gasteiger partial charge in [0.2, 0.25) is 0 Å². The smallest absolute Gasteiger partial charge is 0.333 e. The molecule has 0 aromatic rings. The summed E-state index contributed by atoms with van der Waals surface area (Å²) in [4.78, 5) is 12.3. The summed E-state index contributed by atoms with van der Waals surface area (Å²) in [7, 11) is 0. The van der Waals surface area contributed by atoms with Crippen LogP contribution in [-0.4, -0.2) is 47.7 Å². The van der Waals surface area contributed by atoms with Gasteiger partial charge in [-0.3, -0.25) is 0 Å². The number of hydrogen-bond donors (Lipinski definition) is 3. The minimum atomic E-state index is -0.899. The zero-order valence-electron chi connectivity index (χ0n) is 14.9. The molecule has 0 rings (SSSR count). The summed E-state index contributed by atoms with van der Waals surface area (Å²) in [5.74, 6) is -0.250. The summed E-state index contributed by atoms with van der Waals surface area (Å²) >= 11 is 0. The Morgan fingerprint density at radius 1 is 0.870 bits per heavy atom. The lowest BCUT2D eigenvalue weighted by Gasteiger charge is -2.28. The van der Waals surface area contributed by atoms with E-state index >= 15 is 0 Å². The lowest BCUT2D eigenvalue weighted by molar-refractivity contribution is -0.139. The summed E-state index contributed by atoms with van der Waals surface area (Å²) in [6, 6.07) is 0. The van der Waals surface area contributed by atoms with Gasteiger partial charge in [0.1, 0.15) is 0 Å². The molecule has 0 amide bonds. The molecular formula is C18H34O5. The van der Waals surface area contributed by atoms with Crippen LogP contribution in [0.15, 0.2) is 11.1 Å². The van der Waals surface area contributed by atoms with E-state index in [0.717, 1.165) is 36.8 Å². The van der Waals surface area contributed by atoms with Gasteiger partial charge in [-0.05, 0) is 32.1 Å².